The molecule has 0 saturated carbocycles. The van der Waals surface area contributed by atoms with Crippen molar-refractivity contribution in [3.8, 4) is 39.1 Å². The van der Waals surface area contributed by atoms with Crippen molar-refractivity contribution in [2.75, 3.05) is 4.90 Å². The highest BCUT2D eigenvalue weighted by molar-refractivity contribution is 6.11. The highest BCUT2D eigenvalue weighted by Crippen LogP contribution is 2.44. The van der Waals surface area contributed by atoms with E-state index in [-0.39, 0.29) is 0 Å². The molecule has 10 aromatic carbocycles. The van der Waals surface area contributed by atoms with Gasteiger partial charge in [0.2, 0.25) is 0 Å². The number of anilines is 3. The monoisotopic (exact) mass is 738 g/mol. The fraction of sp³-hybridized carbons (Fsp3) is 0. The Morgan fingerprint density at radius 1 is 0.276 bits per heavy atom. The second kappa shape index (κ2) is 14.1. The van der Waals surface area contributed by atoms with Crippen molar-refractivity contribution in [3.05, 3.63) is 231 Å². The van der Waals surface area contributed by atoms with Gasteiger partial charge in [0.25, 0.3) is 0 Å². The molecule has 0 atom stereocenters. The van der Waals surface area contributed by atoms with E-state index >= 15 is 0 Å². The van der Waals surface area contributed by atoms with Crippen LogP contribution < -0.4 is 4.90 Å². The van der Waals surface area contributed by atoms with E-state index in [0.29, 0.717) is 0 Å². The Morgan fingerprint density at radius 3 is 1.76 bits per heavy atom. The molecule has 0 spiro atoms. The molecule has 0 aliphatic rings. The van der Waals surface area contributed by atoms with Crippen molar-refractivity contribution in [2.24, 2.45) is 0 Å². The molecule has 11 aromatic rings. The molecule has 2 heteroatoms. The first kappa shape index (κ1) is 33.6. The van der Waals surface area contributed by atoms with Gasteiger partial charge in [-0.3, -0.25) is 0 Å². The van der Waals surface area contributed by atoms with Gasteiger partial charge < -0.3 is 9.47 Å². The van der Waals surface area contributed by atoms with Crippen LogP contribution in [0, 0.1) is 0 Å². The zero-order valence-corrected chi connectivity index (χ0v) is 31.8. The summed E-state index contributed by atoms with van der Waals surface area (Å²) in [4.78, 5) is 2.40. The number of para-hydroxylation sites is 3. The SMILES string of the molecule is c1ccc(-c2cc(N(c3ccccc3)c3ccc4c5ccccc5n(-c5ccccc5-c5cccc6ccccc56)c4c3)ccc2-c2ccc3ccccc3c2)cc1. The summed E-state index contributed by atoms with van der Waals surface area (Å²) >= 11 is 0. The van der Waals surface area contributed by atoms with Crippen LogP contribution in [-0.4, -0.2) is 4.57 Å². The largest absolute Gasteiger partial charge is 0.310 e. The maximum absolute atomic E-state index is 2.46. The van der Waals surface area contributed by atoms with Gasteiger partial charge in [0, 0.05) is 33.4 Å². The average Bonchev–Trinajstić information content (AvgIpc) is 3.63. The van der Waals surface area contributed by atoms with E-state index in [0.717, 1.165) is 28.3 Å². The number of nitrogens with zero attached hydrogens (tertiary/aromatic N) is 2. The van der Waals surface area contributed by atoms with Crippen molar-refractivity contribution >= 4 is 60.4 Å². The van der Waals surface area contributed by atoms with Gasteiger partial charge in [-0.1, -0.05) is 176 Å². The topological polar surface area (TPSA) is 8.17 Å². The molecule has 0 bridgehead atoms. The zero-order valence-electron chi connectivity index (χ0n) is 31.8. The Balaban J connectivity index is 1.14. The number of benzene rings is 10. The Bertz CT molecular complexity index is 3280. The van der Waals surface area contributed by atoms with E-state index in [9.17, 15) is 0 Å². The second-order valence-electron chi connectivity index (χ2n) is 14.9. The summed E-state index contributed by atoms with van der Waals surface area (Å²) in [6, 6.07) is 83.8. The Labute approximate surface area is 338 Å². The first-order valence-electron chi connectivity index (χ1n) is 19.9. The Morgan fingerprint density at radius 2 is 0.897 bits per heavy atom. The van der Waals surface area contributed by atoms with Crippen LogP contribution in [0.1, 0.15) is 0 Å². The minimum atomic E-state index is 1.09. The maximum Gasteiger partial charge on any atom is 0.0562 e. The van der Waals surface area contributed by atoms with Gasteiger partial charge in [0.1, 0.15) is 0 Å². The predicted octanol–water partition coefficient (Wildman–Crippen LogP) is 15.6. The molecule has 11 rings (SSSR count). The molecule has 0 aliphatic heterocycles. The molecule has 0 saturated heterocycles. The maximum atomic E-state index is 2.46. The summed E-state index contributed by atoms with van der Waals surface area (Å²) in [7, 11) is 0. The highest BCUT2D eigenvalue weighted by Gasteiger charge is 2.21. The Hall–Kier alpha value is -7.68. The number of aromatic nitrogens is 1. The highest BCUT2D eigenvalue weighted by atomic mass is 15.1. The van der Waals surface area contributed by atoms with Crippen LogP contribution in [0.3, 0.4) is 0 Å². The lowest BCUT2D eigenvalue weighted by atomic mass is 9.92. The number of fused-ring (bicyclic) bond motifs is 5. The standard InChI is InChI=1S/C56H38N2/c1-3-17-41(18-4-1)53-37-45(32-34-48(53)43-31-30-39-16-7-8-20-42(39)36-43)57(44-22-5-2-6-23-44)46-33-35-52-51-26-12-14-29-55(51)58(56(52)38-46)54-28-13-11-25-50(54)49-27-15-21-40-19-9-10-24-47(40)49/h1-38H. The van der Waals surface area contributed by atoms with Gasteiger partial charge in [0.15, 0.2) is 0 Å². The van der Waals surface area contributed by atoms with E-state index in [2.05, 4.69) is 240 Å². The van der Waals surface area contributed by atoms with Crippen LogP contribution >= 0.6 is 0 Å². The predicted molar refractivity (Wildman–Crippen MR) is 247 cm³/mol. The molecule has 1 heterocycles. The van der Waals surface area contributed by atoms with E-state index in [1.165, 1.54) is 71.2 Å². The van der Waals surface area contributed by atoms with Gasteiger partial charge in [-0.25, -0.2) is 0 Å². The summed E-state index contributed by atoms with van der Waals surface area (Å²) in [5.41, 5.74) is 14.0. The Kier molecular flexibility index (Phi) is 8.19. The van der Waals surface area contributed by atoms with Gasteiger partial charge in [-0.05, 0) is 104 Å². The van der Waals surface area contributed by atoms with Crippen LogP contribution in [0.5, 0.6) is 0 Å². The van der Waals surface area contributed by atoms with Crippen molar-refractivity contribution in [3.63, 3.8) is 0 Å². The second-order valence-corrected chi connectivity index (χ2v) is 14.9. The third kappa shape index (κ3) is 5.74. The van der Waals surface area contributed by atoms with E-state index in [1.54, 1.807) is 0 Å². The van der Waals surface area contributed by atoms with Gasteiger partial charge in [0.05, 0.1) is 16.7 Å². The normalized spacial score (nSPS) is 11.4. The molecule has 2 nitrogen and oxygen atoms in total. The summed E-state index contributed by atoms with van der Waals surface area (Å²) in [6.07, 6.45) is 0. The van der Waals surface area contributed by atoms with Gasteiger partial charge in [-0.2, -0.15) is 0 Å². The summed E-state index contributed by atoms with van der Waals surface area (Å²) in [6.45, 7) is 0. The van der Waals surface area contributed by atoms with Crippen molar-refractivity contribution < 1.29 is 0 Å². The van der Waals surface area contributed by atoms with Gasteiger partial charge in [-0.15, -0.1) is 0 Å². The number of rotatable bonds is 7. The van der Waals surface area contributed by atoms with E-state index in [4.69, 9.17) is 0 Å². The first-order chi connectivity index (χ1) is 28.8. The molecule has 1 aromatic heterocycles. The van der Waals surface area contributed by atoms with Gasteiger partial charge >= 0.3 is 0 Å². The molecule has 0 fully saturated rings. The average molecular weight is 739 g/mol. The smallest absolute Gasteiger partial charge is 0.0562 e. The first-order valence-corrected chi connectivity index (χ1v) is 19.9. The molecule has 0 N–H and O–H groups in total. The quantitative estimate of drug-likeness (QED) is 0.158. The number of hydrogen-bond acceptors (Lipinski definition) is 1. The van der Waals surface area contributed by atoms with Crippen LogP contribution in [0.15, 0.2) is 231 Å². The molecule has 0 radical (unpaired) electrons. The fourth-order valence-electron chi connectivity index (χ4n) is 8.87. The third-order valence-electron chi connectivity index (χ3n) is 11.6. The molecule has 0 unspecified atom stereocenters. The van der Waals surface area contributed by atoms with Crippen molar-refractivity contribution in [2.45, 2.75) is 0 Å². The summed E-state index contributed by atoms with van der Waals surface area (Å²) in [5.74, 6) is 0. The lowest BCUT2D eigenvalue weighted by Gasteiger charge is -2.27. The minimum absolute atomic E-state index is 1.09. The lowest BCUT2D eigenvalue weighted by Crippen LogP contribution is -2.10. The van der Waals surface area contributed by atoms with E-state index < -0.39 is 0 Å². The molecule has 0 aliphatic carbocycles. The van der Waals surface area contributed by atoms with E-state index in [1.807, 2.05) is 0 Å². The summed E-state index contributed by atoms with van der Waals surface area (Å²) < 4.78 is 2.46. The fourth-order valence-corrected chi connectivity index (χ4v) is 8.87. The van der Waals surface area contributed by atoms with Crippen molar-refractivity contribution in [1.82, 2.24) is 4.57 Å². The molecule has 0 amide bonds. The minimum Gasteiger partial charge on any atom is -0.310 e. The van der Waals surface area contributed by atoms with Crippen LogP contribution in [0.4, 0.5) is 17.1 Å². The third-order valence-corrected chi connectivity index (χ3v) is 11.6. The van der Waals surface area contributed by atoms with Crippen molar-refractivity contribution in [1.29, 1.82) is 0 Å². The lowest BCUT2D eigenvalue weighted by molar-refractivity contribution is 1.18. The summed E-state index contributed by atoms with van der Waals surface area (Å²) in [5, 5.41) is 7.41. The zero-order chi connectivity index (χ0) is 38.4. The molecule has 272 valence electrons. The molecular formula is C56H38N2. The molecule has 58 heavy (non-hydrogen) atoms. The molecular weight excluding hydrogens is 701 g/mol. The number of hydrogen-bond donors (Lipinski definition) is 0. The van der Waals surface area contributed by atoms with Crippen LogP contribution in [0.25, 0.3) is 82.4 Å². The van der Waals surface area contributed by atoms with Crippen LogP contribution in [0.2, 0.25) is 0 Å². The van der Waals surface area contributed by atoms with Crippen LogP contribution in [-0.2, 0) is 0 Å².